The zero-order valence-corrected chi connectivity index (χ0v) is 17.9. The van der Waals surface area contributed by atoms with E-state index in [1.54, 1.807) is 0 Å². The SMILES string of the molecule is CCNC(=NCc1ccccc1N1CCOCC1)NCc1cc(Cl)c(Cl)n1C. The predicted octanol–water partition coefficient (Wildman–Crippen LogP) is 3.42. The first-order chi connectivity index (χ1) is 13.6. The molecule has 1 saturated heterocycles. The van der Waals surface area contributed by atoms with Crippen molar-refractivity contribution in [2.75, 3.05) is 37.7 Å². The third-order valence-electron chi connectivity index (χ3n) is 4.75. The number of guanidine groups is 1. The summed E-state index contributed by atoms with van der Waals surface area (Å²) in [5.74, 6) is 0.757. The minimum absolute atomic E-state index is 0.542. The van der Waals surface area contributed by atoms with E-state index in [2.05, 4.69) is 46.7 Å². The number of aliphatic imine (C=N–C) groups is 1. The van der Waals surface area contributed by atoms with Crippen LogP contribution in [0.15, 0.2) is 35.3 Å². The molecular formula is C20H27Cl2N5O. The summed E-state index contributed by atoms with van der Waals surface area (Å²) in [6.07, 6.45) is 0. The van der Waals surface area contributed by atoms with Crippen LogP contribution in [-0.4, -0.2) is 43.4 Å². The van der Waals surface area contributed by atoms with Crippen LogP contribution in [-0.2, 0) is 24.9 Å². The second-order valence-corrected chi connectivity index (χ2v) is 7.38. The van der Waals surface area contributed by atoms with Gasteiger partial charge in [0.2, 0.25) is 0 Å². The van der Waals surface area contributed by atoms with Crippen LogP contribution in [0, 0.1) is 0 Å². The summed E-state index contributed by atoms with van der Waals surface area (Å²) in [7, 11) is 1.90. The highest BCUT2D eigenvalue weighted by atomic mass is 35.5. The highest BCUT2D eigenvalue weighted by Crippen LogP contribution is 2.25. The van der Waals surface area contributed by atoms with Crippen LogP contribution in [0.2, 0.25) is 10.2 Å². The Labute approximate surface area is 176 Å². The van der Waals surface area contributed by atoms with E-state index in [4.69, 9.17) is 32.9 Å². The summed E-state index contributed by atoms with van der Waals surface area (Å²) in [4.78, 5) is 7.14. The molecule has 0 saturated carbocycles. The maximum atomic E-state index is 6.15. The Hall–Kier alpha value is -1.89. The van der Waals surface area contributed by atoms with Crippen LogP contribution in [0.5, 0.6) is 0 Å². The molecule has 0 amide bonds. The lowest BCUT2D eigenvalue weighted by Gasteiger charge is -2.30. The first-order valence-electron chi connectivity index (χ1n) is 9.52. The molecule has 0 spiro atoms. The minimum atomic E-state index is 0.542. The number of benzene rings is 1. The molecular weight excluding hydrogens is 397 g/mol. The maximum Gasteiger partial charge on any atom is 0.191 e. The van der Waals surface area contributed by atoms with Gasteiger partial charge < -0.3 is 24.8 Å². The number of nitrogens with zero attached hydrogens (tertiary/aromatic N) is 3. The molecule has 28 heavy (non-hydrogen) atoms. The van der Waals surface area contributed by atoms with Gasteiger partial charge in [-0.3, -0.25) is 0 Å². The Bertz CT molecular complexity index is 815. The molecule has 1 aromatic heterocycles. The Morgan fingerprint density at radius 3 is 2.61 bits per heavy atom. The van der Waals surface area contributed by atoms with Crippen LogP contribution in [0.3, 0.4) is 0 Å². The molecule has 1 fully saturated rings. The van der Waals surface area contributed by atoms with E-state index in [-0.39, 0.29) is 0 Å². The second-order valence-electron chi connectivity index (χ2n) is 6.61. The van der Waals surface area contributed by atoms with Gasteiger partial charge in [-0.15, -0.1) is 0 Å². The molecule has 0 unspecified atom stereocenters. The van der Waals surface area contributed by atoms with Gasteiger partial charge in [-0.05, 0) is 24.6 Å². The fourth-order valence-corrected chi connectivity index (χ4v) is 3.61. The van der Waals surface area contributed by atoms with Crippen molar-refractivity contribution < 1.29 is 4.74 Å². The summed E-state index contributed by atoms with van der Waals surface area (Å²) in [5.41, 5.74) is 3.42. The third-order valence-corrected chi connectivity index (χ3v) is 5.59. The van der Waals surface area contributed by atoms with Crippen molar-refractivity contribution in [3.8, 4) is 0 Å². The molecule has 2 N–H and O–H groups in total. The third kappa shape index (κ3) is 5.13. The van der Waals surface area contributed by atoms with Gasteiger partial charge in [0.1, 0.15) is 5.15 Å². The van der Waals surface area contributed by atoms with Gasteiger partial charge in [0.15, 0.2) is 5.96 Å². The number of para-hydroxylation sites is 1. The monoisotopic (exact) mass is 423 g/mol. The van der Waals surface area contributed by atoms with E-state index in [9.17, 15) is 0 Å². The minimum Gasteiger partial charge on any atom is -0.378 e. The summed E-state index contributed by atoms with van der Waals surface area (Å²) >= 11 is 12.3. The van der Waals surface area contributed by atoms with Gasteiger partial charge in [0, 0.05) is 38.1 Å². The number of morpholine rings is 1. The van der Waals surface area contributed by atoms with Crippen molar-refractivity contribution >= 4 is 34.8 Å². The van der Waals surface area contributed by atoms with Crippen LogP contribution >= 0.6 is 23.2 Å². The number of hydrogen-bond acceptors (Lipinski definition) is 3. The molecule has 1 aromatic carbocycles. The van der Waals surface area contributed by atoms with E-state index in [0.29, 0.717) is 23.3 Å². The van der Waals surface area contributed by atoms with Gasteiger partial charge >= 0.3 is 0 Å². The van der Waals surface area contributed by atoms with Crippen LogP contribution in [0.25, 0.3) is 0 Å². The van der Waals surface area contributed by atoms with Crippen LogP contribution in [0.1, 0.15) is 18.2 Å². The molecule has 6 nitrogen and oxygen atoms in total. The number of ether oxygens (including phenoxy) is 1. The summed E-state index contributed by atoms with van der Waals surface area (Å²) in [5, 5.41) is 7.75. The van der Waals surface area contributed by atoms with Crippen LogP contribution < -0.4 is 15.5 Å². The van der Waals surface area contributed by atoms with E-state index >= 15 is 0 Å². The maximum absolute atomic E-state index is 6.15. The second kappa shape index (κ2) is 10.0. The molecule has 8 heteroatoms. The van der Waals surface area contributed by atoms with Crippen molar-refractivity contribution in [1.29, 1.82) is 0 Å². The zero-order chi connectivity index (χ0) is 19.9. The lowest BCUT2D eigenvalue weighted by molar-refractivity contribution is 0.122. The first kappa shape index (κ1) is 20.8. The van der Waals surface area contributed by atoms with E-state index < -0.39 is 0 Å². The fraction of sp³-hybridized carbons (Fsp3) is 0.450. The Kier molecular flexibility index (Phi) is 7.48. The molecule has 0 radical (unpaired) electrons. The highest BCUT2D eigenvalue weighted by Gasteiger charge is 2.14. The smallest absolute Gasteiger partial charge is 0.191 e. The van der Waals surface area contributed by atoms with Gasteiger partial charge in [-0.1, -0.05) is 41.4 Å². The van der Waals surface area contributed by atoms with Crippen molar-refractivity contribution in [3.05, 3.63) is 51.8 Å². The normalized spacial score (nSPS) is 15.0. The van der Waals surface area contributed by atoms with Crippen molar-refractivity contribution in [1.82, 2.24) is 15.2 Å². The average Bonchev–Trinajstić information content (AvgIpc) is 2.97. The number of hydrogen-bond donors (Lipinski definition) is 2. The summed E-state index contributed by atoms with van der Waals surface area (Å²) in [6, 6.07) is 10.3. The van der Waals surface area contributed by atoms with Crippen LogP contribution in [0.4, 0.5) is 5.69 Å². The standard InChI is InChI=1S/C20H27Cl2N5O/c1-3-23-20(25-14-16-12-17(21)19(22)26(16)2)24-13-15-6-4-5-7-18(15)27-8-10-28-11-9-27/h4-7,12H,3,8-11,13-14H2,1-2H3,(H2,23,24,25). The number of aromatic nitrogens is 1. The predicted molar refractivity (Wildman–Crippen MR) is 117 cm³/mol. The molecule has 1 aliphatic heterocycles. The summed E-state index contributed by atoms with van der Waals surface area (Å²) in [6.45, 7) is 7.37. The summed E-state index contributed by atoms with van der Waals surface area (Å²) < 4.78 is 7.34. The van der Waals surface area contributed by atoms with E-state index in [1.807, 2.05) is 17.7 Å². The number of rotatable bonds is 6. The molecule has 2 aromatic rings. The Morgan fingerprint density at radius 2 is 1.93 bits per heavy atom. The topological polar surface area (TPSA) is 53.8 Å². The van der Waals surface area contributed by atoms with E-state index in [0.717, 1.165) is 44.5 Å². The molecule has 0 aliphatic carbocycles. The number of halogens is 2. The average molecular weight is 424 g/mol. The van der Waals surface area contributed by atoms with Crippen molar-refractivity contribution in [3.63, 3.8) is 0 Å². The first-order valence-corrected chi connectivity index (χ1v) is 10.3. The van der Waals surface area contributed by atoms with Gasteiger partial charge in [-0.2, -0.15) is 0 Å². The fourth-order valence-electron chi connectivity index (χ4n) is 3.20. The van der Waals surface area contributed by atoms with Crippen molar-refractivity contribution in [2.24, 2.45) is 12.0 Å². The van der Waals surface area contributed by atoms with E-state index in [1.165, 1.54) is 11.3 Å². The molecule has 3 rings (SSSR count). The molecule has 1 aliphatic rings. The Morgan fingerprint density at radius 1 is 1.18 bits per heavy atom. The largest absolute Gasteiger partial charge is 0.378 e. The quantitative estimate of drug-likeness (QED) is 0.551. The molecule has 0 bridgehead atoms. The molecule has 2 heterocycles. The van der Waals surface area contributed by atoms with Gasteiger partial charge in [-0.25, -0.2) is 4.99 Å². The number of anilines is 1. The molecule has 0 atom stereocenters. The lowest BCUT2D eigenvalue weighted by Crippen LogP contribution is -2.37. The van der Waals surface area contributed by atoms with Gasteiger partial charge in [0.05, 0.1) is 31.3 Å². The zero-order valence-electron chi connectivity index (χ0n) is 16.3. The Balaban J connectivity index is 1.70. The van der Waals surface area contributed by atoms with Gasteiger partial charge in [0.25, 0.3) is 0 Å². The number of nitrogens with one attached hydrogen (secondary N) is 2. The molecule has 152 valence electrons. The highest BCUT2D eigenvalue weighted by molar-refractivity contribution is 6.41. The van der Waals surface area contributed by atoms with Crippen molar-refractivity contribution in [2.45, 2.75) is 20.0 Å². The lowest BCUT2D eigenvalue weighted by atomic mass is 10.1.